The molecule has 19 heavy (non-hydrogen) atoms. The molecular weight excluding hydrogens is 262 g/mol. The molecule has 5 heteroatoms. The second kappa shape index (κ2) is 5.75. The molecule has 0 fully saturated rings. The molecule has 0 bridgehead atoms. The number of nitrogen functional groups attached to an aromatic ring is 1. The third-order valence-corrected chi connectivity index (χ3v) is 4.36. The first-order valence-electron chi connectivity index (χ1n) is 5.85. The topological polar surface area (TPSA) is 69.4 Å². The Hall–Kier alpha value is -2.01. The van der Waals surface area contributed by atoms with Crippen LogP contribution in [0, 0.1) is 0 Å². The fourth-order valence-corrected chi connectivity index (χ4v) is 2.90. The molecule has 2 N–H and O–H groups in total. The van der Waals surface area contributed by atoms with E-state index < -0.39 is 9.84 Å². The molecule has 2 aromatic carbocycles. The predicted octanol–water partition coefficient (Wildman–Crippen LogP) is 2.12. The summed E-state index contributed by atoms with van der Waals surface area (Å²) in [7, 11) is -3.41. The van der Waals surface area contributed by atoms with E-state index in [2.05, 4.69) is 0 Å². The maximum atomic E-state index is 12.1. The van der Waals surface area contributed by atoms with Gasteiger partial charge in [0.25, 0.3) is 0 Å². The Kier molecular flexibility index (Phi) is 4.06. The van der Waals surface area contributed by atoms with Gasteiger partial charge in [0, 0.05) is 0 Å². The molecule has 0 amide bonds. The number of benzene rings is 2. The Bertz CT molecular complexity index is 639. The Labute approximate surface area is 112 Å². The van der Waals surface area contributed by atoms with Crippen molar-refractivity contribution in [2.24, 2.45) is 0 Å². The number of rotatable bonds is 5. The number of para-hydroxylation sites is 2. The summed E-state index contributed by atoms with van der Waals surface area (Å²) in [5.74, 6) is 0.551. The Morgan fingerprint density at radius 1 is 0.947 bits per heavy atom. The minimum atomic E-state index is -3.41. The molecule has 2 rings (SSSR count). The van der Waals surface area contributed by atoms with Gasteiger partial charge in [0.2, 0.25) is 0 Å². The van der Waals surface area contributed by atoms with Gasteiger partial charge in [0.1, 0.15) is 12.4 Å². The molecular formula is C14H15NO3S. The number of hydrogen-bond acceptors (Lipinski definition) is 4. The monoisotopic (exact) mass is 277 g/mol. The van der Waals surface area contributed by atoms with Gasteiger partial charge in [-0.15, -0.1) is 0 Å². The molecule has 0 heterocycles. The van der Waals surface area contributed by atoms with Crippen LogP contribution < -0.4 is 10.5 Å². The quantitative estimate of drug-likeness (QED) is 0.850. The summed E-state index contributed by atoms with van der Waals surface area (Å²) in [4.78, 5) is 0.159. The molecule has 2 aromatic rings. The van der Waals surface area contributed by atoms with Crippen LogP contribution in [0.2, 0.25) is 0 Å². The zero-order chi connectivity index (χ0) is 13.7. The summed E-state index contributed by atoms with van der Waals surface area (Å²) in [5, 5.41) is 0. The molecule has 0 aliphatic rings. The first-order valence-corrected chi connectivity index (χ1v) is 7.50. The molecule has 0 aliphatic heterocycles. The van der Waals surface area contributed by atoms with Crippen LogP contribution in [0.3, 0.4) is 0 Å². The van der Waals surface area contributed by atoms with Crippen molar-refractivity contribution in [2.75, 3.05) is 18.1 Å². The van der Waals surface area contributed by atoms with Crippen LogP contribution in [0.5, 0.6) is 5.75 Å². The van der Waals surface area contributed by atoms with E-state index in [9.17, 15) is 8.42 Å². The SMILES string of the molecule is Nc1ccccc1S(=O)(=O)CCOc1ccccc1. The average molecular weight is 277 g/mol. The normalized spacial score (nSPS) is 11.2. The van der Waals surface area contributed by atoms with Gasteiger partial charge in [-0.05, 0) is 24.3 Å². The molecule has 100 valence electrons. The molecule has 0 spiro atoms. The molecule has 0 aromatic heterocycles. The summed E-state index contributed by atoms with van der Waals surface area (Å²) in [6.45, 7) is 0.0979. The molecule has 0 radical (unpaired) electrons. The van der Waals surface area contributed by atoms with Crippen LogP contribution in [-0.4, -0.2) is 20.8 Å². The van der Waals surface area contributed by atoms with E-state index in [-0.39, 0.29) is 22.9 Å². The third kappa shape index (κ3) is 3.48. The molecule has 4 nitrogen and oxygen atoms in total. The summed E-state index contributed by atoms with van der Waals surface area (Å²) >= 11 is 0. The van der Waals surface area contributed by atoms with Gasteiger partial charge in [-0.1, -0.05) is 30.3 Å². The van der Waals surface area contributed by atoms with Crippen molar-refractivity contribution in [2.45, 2.75) is 4.90 Å². The van der Waals surface area contributed by atoms with Crippen LogP contribution in [0.25, 0.3) is 0 Å². The average Bonchev–Trinajstić information content (AvgIpc) is 2.40. The minimum absolute atomic E-state index is 0.0979. The molecule has 0 saturated heterocycles. The van der Waals surface area contributed by atoms with Gasteiger partial charge in [0.15, 0.2) is 9.84 Å². The Balaban J connectivity index is 2.01. The van der Waals surface area contributed by atoms with Gasteiger partial charge in [-0.3, -0.25) is 0 Å². The molecule has 0 atom stereocenters. The predicted molar refractivity (Wildman–Crippen MR) is 74.8 cm³/mol. The fourth-order valence-electron chi connectivity index (χ4n) is 1.66. The highest BCUT2D eigenvalue weighted by atomic mass is 32.2. The van der Waals surface area contributed by atoms with Crippen LogP contribution >= 0.6 is 0 Å². The van der Waals surface area contributed by atoms with Crippen LogP contribution in [-0.2, 0) is 9.84 Å². The number of ether oxygens (including phenoxy) is 1. The van der Waals surface area contributed by atoms with E-state index in [1.807, 2.05) is 18.2 Å². The second-order valence-electron chi connectivity index (χ2n) is 4.02. The summed E-state index contributed by atoms with van der Waals surface area (Å²) in [6.07, 6.45) is 0. The van der Waals surface area contributed by atoms with Gasteiger partial charge >= 0.3 is 0 Å². The van der Waals surface area contributed by atoms with Crippen molar-refractivity contribution in [3.63, 3.8) is 0 Å². The zero-order valence-corrected chi connectivity index (χ0v) is 11.1. The Morgan fingerprint density at radius 3 is 2.26 bits per heavy atom. The number of anilines is 1. The smallest absolute Gasteiger partial charge is 0.183 e. The van der Waals surface area contributed by atoms with E-state index >= 15 is 0 Å². The summed E-state index contributed by atoms with van der Waals surface area (Å²) in [5.41, 5.74) is 5.94. The van der Waals surface area contributed by atoms with Crippen LogP contribution in [0.1, 0.15) is 0 Å². The van der Waals surface area contributed by atoms with Gasteiger partial charge in [-0.25, -0.2) is 8.42 Å². The summed E-state index contributed by atoms with van der Waals surface area (Å²) < 4.78 is 29.5. The lowest BCUT2D eigenvalue weighted by Crippen LogP contribution is -2.15. The van der Waals surface area contributed by atoms with Crippen molar-refractivity contribution in [1.82, 2.24) is 0 Å². The van der Waals surface area contributed by atoms with Gasteiger partial charge < -0.3 is 10.5 Å². The van der Waals surface area contributed by atoms with E-state index in [1.165, 1.54) is 6.07 Å². The lowest BCUT2D eigenvalue weighted by atomic mass is 10.3. The summed E-state index contributed by atoms with van der Waals surface area (Å²) in [6, 6.07) is 15.5. The van der Waals surface area contributed by atoms with E-state index in [0.29, 0.717) is 5.75 Å². The first kappa shape index (κ1) is 13.4. The lowest BCUT2D eigenvalue weighted by Gasteiger charge is -2.08. The van der Waals surface area contributed by atoms with Crippen molar-refractivity contribution in [3.8, 4) is 5.75 Å². The highest BCUT2D eigenvalue weighted by Crippen LogP contribution is 2.19. The number of hydrogen-bond donors (Lipinski definition) is 1. The second-order valence-corrected chi connectivity index (χ2v) is 6.10. The Morgan fingerprint density at radius 2 is 1.58 bits per heavy atom. The maximum absolute atomic E-state index is 12.1. The lowest BCUT2D eigenvalue weighted by molar-refractivity contribution is 0.341. The van der Waals surface area contributed by atoms with Gasteiger partial charge in [0.05, 0.1) is 16.3 Å². The largest absolute Gasteiger partial charge is 0.493 e. The van der Waals surface area contributed by atoms with Gasteiger partial charge in [-0.2, -0.15) is 0 Å². The maximum Gasteiger partial charge on any atom is 0.183 e. The highest BCUT2D eigenvalue weighted by molar-refractivity contribution is 7.91. The van der Waals surface area contributed by atoms with E-state index in [0.717, 1.165) is 0 Å². The molecule has 0 unspecified atom stereocenters. The third-order valence-electron chi connectivity index (χ3n) is 2.62. The highest BCUT2D eigenvalue weighted by Gasteiger charge is 2.17. The zero-order valence-electron chi connectivity index (χ0n) is 10.3. The van der Waals surface area contributed by atoms with Crippen molar-refractivity contribution < 1.29 is 13.2 Å². The van der Waals surface area contributed by atoms with Crippen LogP contribution in [0.15, 0.2) is 59.5 Å². The van der Waals surface area contributed by atoms with Crippen LogP contribution in [0.4, 0.5) is 5.69 Å². The first-order chi connectivity index (χ1) is 9.09. The molecule has 0 aliphatic carbocycles. The standard InChI is InChI=1S/C14H15NO3S/c15-13-8-4-5-9-14(13)19(16,17)11-10-18-12-6-2-1-3-7-12/h1-9H,10-11,15H2. The van der Waals surface area contributed by atoms with Crippen molar-refractivity contribution in [1.29, 1.82) is 0 Å². The van der Waals surface area contributed by atoms with E-state index in [4.69, 9.17) is 10.5 Å². The molecule has 0 saturated carbocycles. The van der Waals surface area contributed by atoms with Crippen molar-refractivity contribution in [3.05, 3.63) is 54.6 Å². The van der Waals surface area contributed by atoms with E-state index in [1.54, 1.807) is 30.3 Å². The fraction of sp³-hybridized carbons (Fsp3) is 0.143. The minimum Gasteiger partial charge on any atom is -0.493 e. The number of nitrogens with two attached hydrogens (primary N) is 1. The van der Waals surface area contributed by atoms with Crippen molar-refractivity contribution >= 4 is 15.5 Å². The number of sulfone groups is 1.